The molecule has 0 atom stereocenters. The van der Waals surface area contributed by atoms with E-state index in [1.165, 1.54) is 5.56 Å². The Kier molecular flexibility index (Phi) is 3.45. The first-order valence-electron chi connectivity index (χ1n) is 7.05. The molecule has 0 fully saturated rings. The van der Waals surface area contributed by atoms with E-state index in [-0.39, 0.29) is 5.75 Å². The average Bonchev–Trinajstić information content (AvgIpc) is 2.46. The molecule has 0 spiro atoms. The SMILES string of the molecule is CC(C)c1ccc(C2=CC=CN3CCS(=O)(=O)N=C23)cc1. The van der Waals surface area contributed by atoms with Crippen LogP contribution in [0.15, 0.2) is 47.0 Å². The van der Waals surface area contributed by atoms with Crippen molar-refractivity contribution in [1.29, 1.82) is 0 Å². The number of allylic oxidation sites excluding steroid dienone is 2. The Morgan fingerprint density at radius 3 is 2.57 bits per heavy atom. The topological polar surface area (TPSA) is 49.7 Å². The quantitative estimate of drug-likeness (QED) is 0.844. The Bertz CT molecular complexity index is 741. The van der Waals surface area contributed by atoms with Crippen molar-refractivity contribution in [2.45, 2.75) is 19.8 Å². The number of benzene rings is 1. The predicted octanol–water partition coefficient (Wildman–Crippen LogP) is 2.76. The first kappa shape index (κ1) is 14.1. The minimum absolute atomic E-state index is 0.0698. The van der Waals surface area contributed by atoms with Crippen LogP contribution in [-0.4, -0.2) is 31.5 Å². The fraction of sp³-hybridized carbons (Fsp3) is 0.312. The van der Waals surface area contributed by atoms with Gasteiger partial charge >= 0.3 is 0 Å². The largest absolute Gasteiger partial charge is 0.331 e. The number of hydrogen-bond acceptors (Lipinski definition) is 3. The molecular weight excluding hydrogens is 284 g/mol. The Morgan fingerprint density at radius 2 is 1.90 bits per heavy atom. The van der Waals surface area contributed by atoms with Crippen LogP contribution in [0, 0.1) is 0 Å². The van der Waals surface area contributed by atoms with Crippen molar-refractivity contribution in [3.63, 3.8) is 0 Å². The first-order valence-corrected chi connectivity index (χ1v) is 8.66. The summed E-state index contributed by atoms with van der Waals surface area (Å²) in [6.45, 7) is 4.76. The standard InChI is InChI=1S/C16H18N2O2S/c1-12(2)13-5-7-14(8-6-13)15-4-3-9-18-10-11-21(19,20)17-16(15)18/h3-9,12H,10-11H2,1-2H3. The van der Waals surface area contributed by atoms with Crippen LogP contribution in [0.2, 0.25) is 0 Å². The highest BCUT2D eigenvalue weighted by molar-refractivity contribution is 7.90. The molecule has 0 aliphatic carbocycles. The van der Waals surface area contributed by atoms with E-state index in [2.05, 4.69) is 30.4 Å². The fourth-order valence-electron chi connectivity index (χ4n) is 2.49. The van der Waals surface area contributed by atoms with Crippen molar-refractivity contribution in [2.75, 3.05) is 12.3 Å². The van der Waals surface area contributed by atoms with Crippen molar-refractivity contribution in [3.8, 4) is 0 Å². The van der Waals surface area contributed by atoms with Crippen LogP contribution in [0.4, 0.5) is 0 Å². The number of nitrogens with zero attached hydrogens (tertiary/aromatic N) is 2. The van der Waals surface area contributed by atoms with Crippen LogP contribution in [0.25, 0.3) is 5.57 Å². The summed E-state index contributed by atoms with van der Waals surface area (Å²) in [5.41, 5.74) is 3.11. The van der Waals surface area contributed by atoms with Gasteiger partial charge in [-0.05, 0) is 29.2 Å². The molecule has 3 rings (SSSR count). The number of fused-ring (bicyclic) bond motifs is 1. The lowest BCUT2D eigenvalue weighted by atomic mass is 9.97. The molecule has 2 aliphatic rings. The number of sulfonamides is 1. The Hall–Kier alpha value is -1.88. The van der Waals surface area contributed by atoms with E-state index in [0.29, 0.717) is 18.3 Å². The molecule has 4 nitrogen and oxygen atoms in total. The number of rotatable bonds is 2. The Morgan fingerprint density at radius 1 is 1.19 bits per heavy atom. The summed E-state index contributed by atoms with van der Waals surface area (Å²) in [5, 5.41) is 0. The Balaban J connectivity index is 2.02. The molecule has 0 saturated heterocycles. The molecule has 5 heteroatoms. The minimum atomic E-state index is -3.34. The molecule has 0 unspecified atom stereocenters. The monoisotopic (exact) mass is 302 g/mol. The van der Waals surface area contributed by atoms with Gasteiger partial charge in [-0.2, -0.15) is 0 Å². The summed E-state index contributed by atoms with van der Waals surface area (Å²) in [7, 11) is -3.34. The zero-order valence-corrected chi connectivity index (χ0v) is 13.0. The lowest BCUT2D eigenvalue weighted by Gasteiger charge is -2.29. The van der Waals surface area contributed by atoms with E-state index in [4.69, 9.17) is 0 Å². The lowest BCUT2D eigenvalue weighted by molar-refractivity contribution is 0.550. The molecule has 0 saturated carbocycles. The van der Waals surface area contributed by atoms with Gasteiger partial charge in [-0.15, -0.1) is 4.40 Å². The van der Waals surface area contributed by atoms with Gasteiger partial charge < -0.3 is 4.90 Å². The molecule has 0 aromatic heterocycles. The van der Waals surface area contributed by atoms with Gasteiger partial charge in [-0.3, -0.25) is 0 Å². The van der Waals surface area contributed by atoms with Gasteiger partial charge in [0.2, 0.25) is 0 Å². The van der Waals surface area contributed by atoms with Crippen LogP contribution in [0.5, 0.6) is 0 Å². The van der Waals surface area contributed by atoms with Gasteiger partial charge in [-0.25, -0.2) is 8.42 Å². The molecular formula is C16H18N2O2S. The molecule has 1 aromatic rings. The lowest BCUT2D eigenvalue weighted by Crippen LogP contribution is -2.37. The van der Waals surface area contributed by atoms with Gasteiger partial charge in [0.25, 0.3) is 10.0 Å². The summed E-state index contributed by atoms with van der Waals surface area (Å²) in [6, 6.07) is 8.23. The van der Waals surface area contributed by atoms with Gasteiger partial charge in [0, 0.05) is 18.3 Å². The molecule has 21 heavy (non-hydrogen) atoms. The maximum Gasteiger partial charge on any atom is 0.256 e. The zero-order chi connectivity index (χ0) is 15.0. The predicted molar refractivity (Wildman–Crippen MR) is 85.6 cm³/mol. The van der Waals surface area contributed by atoms with Gasteiger partial charge in [0.15, 0.2) is 5.84 Å². The van der Waals surface area contributed by atoms with E-state index in [9.17, 15) is 8.42 Å². The molecule has 2 heterocycles. The summed E-state index contributed by atoms with van der Waals surface area (Å²) in [6.07, 6.45) is 5.72. The van der Waals surface area contributed by atoms with E-state index in [1.807, 2.05) is 35.4 Å². The molecule has 110 valence electrons. The van der Waals surface area contributed by atoms with Crippen molar-refractivity contribution >= 4 is 21.4 Å². The van der Waals surface area contributed by atoms with E-state index in [0.717, 1.165) is 11.1 Å². The highest BCUT2D eigenvalue weighted by Gasteiger charge is 2.27. The third-order valence-electron chi connectivity index (χ3n) is 3.75. The van der Waals surface area contributed by atoms with Crippen molar-refractivity contribution in [3.05, 3.63) is 53.7 Å². The zero-order valence-electron chi connectivity index (χ0n) is 12.2. The summed E-state index contributed by atoms with van der Waals surface area (Å²) >= 11 is 0. The van der Waals surface area contributed by atoms with Crippen LogP contribution in [0.3, 0.4) is 0 Å². The molecule has 1 aromatic carbocycles. The van der Waals surface area contributed by atoms with Gasteiger partial charge in [0.05, 0.1) is 5.75 Å². The first-order chi connectivity index (χ1) is 9.96. The van der Waals surface area contributed by atoms with Crippen molar-refractivity contribution < 1.29 is 8.42 Å². The van der Waals surface area contributed by atoms with Gasteiger partial charge in [-0.1, -0.05) is 38.1 Å². The second kappa shape index (κ2) is 5.15. The summed E-state index contributed by atoms with van der Waals surface area (Å²) in [5.74, 6) is 1.07. The molecule has 0 radical (unpaired) electrons. The second-order valence-electron chi connectivity index (χ2n) is 5.59. The highest BCUT2D eigenvalue weighted by Crippen LogP contribution is 2.26. The van der Waals surface area contributed by atoms with Crippen molar-refractivity contribution in [2.24, 2.45) is 4.40 Å². The van der Waals surface area contributed by atoms with Crippen LogP contribution < -0.4 is 0 Å². The average molecular weight is 302 g/mol. The minimum Gasteiger partial charge on any atom is -0.331 e. The van der Waals surface area contributed by atoms with E-state index in [1.54, 1.807) is 0 Å². The fourth-order valence-corrected chi connectivity index (χ4v) is 3.47. The van der Waals surface area contributed by atoms with Crippen LogP contribution >= 0.6 is 0 Å². The second-order valence-corrected chi connectivity index (χ2v) is 7.35. The van der Waals surface area contributed by atoms with Crippen LogP contribution in [-0.2, 0) is 10.0 Å². The molecule has 0 amide bonds. The van der Waals surface area contributed by atoms with E-state index >= 15 is 0 Å². The van der Waals surface area contributed by atoms with Crippen LogP contribution in [0.1, 0.15) is 30.9 Å². The Labute approximate surface area is 125 Å². The van der Waals surface area contributed by atoms with E-state index < -0.39 is 10.0 Å². The number of hydrogen-bond donors (Lipinski definition) is 0. The maximum atomic E-state index is 11.8. The number of amidine groups is 1. The smallest absolute Gasteiger partial charge is 0.256 e. The third kappa shape index (κ3) is 2.78. The third-order valence-corrected chi connectivity index (χ3v) is 4.90. The highest BCUT2D eigenvalue weighted by atomic mass is 32.2. The molecule has 0 N–H and O–H groups in total. The van der Waals surface area contributed by atoms with Crippen molar-refractivity contribution in [1.82, 2.24) is 4.90 Å². The molecule has 0 bridgehead atoms. The molecule has 2 aliphatic heterocycles. The summed E-state index contributed by atoms with van der Waals surface area (Å²) in [4.78, 5) is 1.90. The normalized spacial score (nSPS) is 20.0. The summed E-state index contributed by atoms with van der Waals surface area (Å²) < 4.78 is 27.5. The van der Waals surface area contributed by atoms with Gasteiger partial charge in [0.1, 0.15) is 0 Å². The maximum absolute atomic E-state index is 11.8.